The topological polar surface area (TPSA) is 86.4 Å². The molecule has 0 fully saturated rings. The summed E-state index contributed by atoms with van der Waals surface area (Å²) in [5.41, 5.74) is -4.57. The number of aryl methyl sites for hydroxylation is 1. The van der Waals surface area contributed by atoms with Gasteiger partial charge in [-0.15, -0.1) is 5.10 Å². The Morgan fingerprint density at radius 3 is 2.32 bits per heavy atom. The smallest absolute Gasteiger partial charge is 0.386 e. The highest BCUT2D eigenvalue weighted by molar-refractivity contribution is 7.73. The lowest BCUT2D eigenvalue weighted by Crippen LogP contribution is -2.37. The third kappa shape index (κ3) is 2.78. The molecule has 2 rings (SSSR count). The van der Waals surface area contributed by atoms with E-state index in [2.05, 4.69) is 15.4 Å². The highest BCUT2D eigenvalue weighted by Gasteiger charge is 2.50. The van der Waals surface area contributed by atoms with Gasteiger partial charge in [-0.2, -0.15) is 23.1 Å². The molecule has 22 heavy (non-hydrogen) atoms. The van der Waals surface area contributed by atoms with E-state index >= 15 is 0 Å². The van der Waals surface area contributed by atoms with Crippen molar-refractivity contribution in [2.24, 2.45) is 12.2 Å². The minimum Gasteiger partial charge on any atom is -0.386 e. The Hall–Kier alpha value is -1.72. The Bertz CT molecular complexity index is 687. The lowest BCUT2D eigenvalue weighted by molar-refractivity contribution is -0.142. The molecule has 2 atom stereocenters. The Balaban J connectivity index is 2.57. The van der Waals surface area contributed by atoms with E-state index in [1.807, 2.05) is 0 Å². The van der Waals surface area contributed by atoms with Gasteiger partial charge in [-0.25, -0.2) is 12.8 Å². The van der Waals surface area contributed by atoms with Crippen LogP contribution in [-0.2, 0) is 28.8 Å². The van der Waals surface area contributed by atoms with Crippen LogP contribution in [0.2, 0.25) is 0 Å². The molecule has 2 heterocycles. The molecule has 0 radical (unpaired) electrons. The SMILES string of the molecule is Cn1nc(C(C2=NOC(C)(C)C2F)[SH](=O)=O)c(C(F)(F)F)n1. The maximum Gasteiger partial charge on any atom is 0.437 e. The Labute approximate surface area is 123 Å². The Morgan fingerprint density at radius 2 is 1.91 bits per heavy atom. The van der Waals surface area contributed by atoms with Crippen molar-refractivity contribution in [3.05, 3.63) is 11.4 Å². The van der Waals surface area contributed by atoms with Gasteiger partial charge in [0.2, 0.25) is 0 Å². The summed E-state index contributed by atoms with van der Waals surface area (Å²) in [5, 5.41) is 7.85. The first-order valence-corrected chi connectivity index (χ1v) is 7.21. The molecule has 0 saturated heterocycles. The molecule has 1 aliphatic heterocycles. The van der Waals surface area contributed by atoms with Crippen molar-refractivity contribution < 1.29 is 30.8 Å². The van der Waals surface area contributed by atoms with Crippen LogP contribution in [0.25, 0.3) is 0 Å². The number of hydrogen-bond donors (Lipinski definition) is 1. The Kier molecular flexibility index (Phi) is 3.92. The first kappa shape index (κ1) is 16.6. The van der Waals surface area contributed by atoms with Gasteiger partial charge in [-0.1, -0.05) is 5.16 Å². The molecule has 124 valence electrons. The highest BCUT2D eigenvalue weighted by atomic mass is 32.2. The van der Waals surface area contributed by atoms with E-state index in [0.29, 0.717) is 4.80 Å². The van der Waals surface area contributed by atoms with E-state index in [4.69, 9.17) is 4.84 Å². The predicted octanol–water partition coefficient (Wildman–Crippen LogP) is 0.989. The molecule has 0 spiro atoms. The molecule has 1 aromatic rings. The third-order valence-electron chi connectivity index (χ3n) is 3.01. The van der Waals surface area contributed by atoms with Crippen molar-refractivity contribution in [3.8, 4) is 0 Å². The van der Waals surface area contributed by atoms with E-state index in [0.717, 1.165) is 7.05 Å². The van der Waals surface area contributed by atoms with Gasteiger partial charge in [-0.05, 0) is 13.8 Å². The van der Waals surface area contributed by atoms with Crippen molar-refractivity contribution in [1.29, 1.82) is 0 Å². The van der Waals surface area contributed by atoms with Crippen molar-refractivity contribution in [2.75, 3.05) is 0 Å². The summed E-state index contributed by atoms with van der Waals surface area (Å²) in [6, 6.07) is 0. The van der Waals surface area contributed by atoms with Gasteiger partial charge >= 0.3 is 6.18 Å². The van der Waals surface area contributed by atoms with Crippen molar-refractivity contribution in [1.82, 2.24) is 15.0 Å². The minimum absolute atomic E-state index is 0.568. The highest BCUT2D eigenvalue weighted by Crippen LogP contribution is 2.37. The van der Waals surface area contributed by atoms with E-state index in [9.17, 15) is 26.0 Å². The molecule has 0 bridgehead atoms. The molecule has 7 nitrogen and oxygen atoms in total. The molecule has 2 unspecified atom stereocenters. The van der Waals surface area contributed by atoms with Crippen molar-refractivity contribution >= 4 is 16.4 Å². The van der Waals surface area contributed by atoms with Crippen LogP contribution in [0.5, 0.6) is 0 Å². The number of thiol groups is 1. The number of alkyl halides is 4. The molecule has 1 aliphatic rings. The largest absolute Gasteiger partial charge is 0.437 e. The average Bonchev–Trinajstić information content (AvgIpc) is 2.84. The van der Waals surface area contributed by atoms with Crippen LogP contribution in [0.3, 0.4) is 0 Å². The number of oxime groups is 1. The normalized spacial score (nSPS) is 22.5. The molecular weight excluding hydrogens is 332 g/mol. The number of nitrogens with zero attached hydrogens (tertiary/aromatic N) is 4. The number of hydrogen-bond acceptors (Lipinski definition) is 6. The molecule has 12 heteroatoms. The molecule has 0 aromatic carbocycles. The van der Waals surface area contributed by atoms with Gasteiger partial charge in [-0.3, -0.25) is 0 Å². The quantitative estimate of drug-likeness (QED) is 0.653. The zero-order valence-electron chi connectivity index (χ0n) is 11.6. The summed E-state index contributed by atoms with van der Waals surface area (Å²) in [4.78, 5) is 5.33. The zero-order chi connectivity index (χ0) is 16.9. The average molecular weight is 344 g/mol. The molecule has 1 aromatic heterocycles. The first-order valence-electron chi connectivity index (χ1n) is 5.97. The van der Waals surface area contributed by atoms with Crippen LogP contribution in [0.1, 0.15) is 30.5 Å². The predicted molar refractivity (Wildman–Crippen MR) is 66.6 cm³/mol. The summed E-state index contributed by atoms with van der Waals surface area (Å²) < 4.78 is 75.9. The first-order chi connectivity index (χ1) is 9.95. The van der Waals surface area contributed by atoms with E-state index < -0.39 is 51.0 Å². The third-order valence-corrected chi connectivity index (χ3v) is 3.95. The summed E-state index contributed by atoms with van der Waals surface area (Å²) in [6.07, 6.45) is -6.93. The summed E-state index contributed by atoms with van der Waals surface area (Å²) in [5.74, 6) is 0. The van der Waals surface area contributed by atoms with Crippen molar-refractivity contribution in [2.45, 2.75) is 37.0 Å². The van der Waals surface area contributed by atoms with E-state index in [1.54, 1.807) is 0 Å². The number of rotatable bonds is 3. The zero-order valence-corrected chi connectivity index (χ0v) is 12.5. The van der Waals surface area contributed by atoms with Crippen LogP contribution in [-0.4, -0.2) is 40.9 Å². The molecule has 0 amide bonds. The molecular formula is C10H12F4N4O3S. The molecule has 0 N–H and O–H groups in total. The number of halogens is 4. The monoisotopic (exact) mass is 344 g/mol. The van der Waals surface area contributed by atoms with Gasteiger partial charge in [0.1, 0.15) is 16.7 Å². The second-order valence-electron chi connectivity index (χ2n) is 5.18. The minimum atomic E-state index is -4.94. The summed E-state index contributed by atoms with van der Waals surface area (Å²) in [7, 11) is -2.44. The lowest BCUT2D eigenvalue weighted by atomic mass is 9.96. The molecule has 0 aliphatic carbocycles. The second-order valence-corrected chi connectivity index (χ2v) is 6.27. The second kappa shape index (κ2) is 5.18. The Morgan fingerprint density at radius 1 is 1.32 bits per heavy atom. The van der Waals surface area contributed by atoms with Gasteiger partial charge in [0.15, 0.2) is 28.2 Å². The fraction of sp³-hybridized carbons (Fsp3) is 0.700. The fourth-order valence-electron chi connectivity index (χ4n) is 1.96. The van der Waals surface area contributed by atoms with Crippen LogP contribution in [0.15, 0.2) is 5.16 Å². The molecule has 0 saturated carbocycles. The van der Waals surface area contributed by atoms with Gasteiger partial charge in [0, 0.05) is 7.05 Å². The maximum atomic E-state index is 14.2. The van der Waals surface area contributed by atoms with Crippen LogP contribution < -0.4 is 0 Å². The summed E-state index contributed by atoms with van der Waals surface area (Å²) in [6.45, 7) is 2.59. The van der Waals surface area contributed by atoms with Crippen molar-refractivity contribution in [3.63, 3.8) is 0 Å². The van der Waals surface area contributed by atoms with Crippen LogP contribution in [0.4, 0.5) is 17.6 Å². The standard InChI is InChI=1S/C10H12F4N4O3S/c1-9(2)7(11)4(17-21-9)6(22(19)20)5-8(10(12,13)14)16-18(3)15-5/h6-7,22H,1-3H3. The maximum absolute atomic E-state index is 14.2. The van der Waals surface area contributed by atoms with E-state index in [1.165, 1.54) is 13.8 Å². The lowest BCUT2D eigenvalue weighted by Gasteiger charge is -2.19. The van der Waals surface area contributed by atoms with Crippen LogP contribution in [0, 0.1) is 0 Å². The van der Waals surface area contributed by atoms with Gasteiger partial charge in [0.25, 0.3) is 0 Å². The van der Waals surface area contributed by atoms with Gasteiger partial charge in [0.05, 0.1) is 0 Å². The van der Waals surface area contributed by atoms with Gasteiger partial charge < -0.3 is 4.84 Å². The van der Waals surface area contributed by atoms with E-state index in [-0.39, 0.29) is 0 Å². The summed E-state index contributed by atoms with van der Waals surface area (Å²) >= 11 is 0. The number of aromatic nitrogens is 3. The fourth-order valence-corrected chi connectivity index (χ4v) is 2.73. The van der Waals surface area contributed by atoms with Crippen LogP contribution >= 0.6 is 0 Å².